The van der Waals surface area contributed by atoms with Gasteiger partial charge in [-0.05, 0) is 32.1 Å². The maximum atomic E-state index is 5.52. The highest BCUT2D eigenvalue weighted by atomic mass is 16.5. The number of nitrogens with zero attached hydrogens (tertiary/aromatic N) is 1. The van der Waals surface area contributed by atoms with Gasteiger partial charge in [0.1, 0.15) is 5.76 Å². The van der Waals surface area contributed by atoms with Gasteiger partial charge in [-0.25, -0.2) is 0 Å². The topological polar surface area (TPSA) is 12.5 Å². The van der Waals surface area contributed by atoms with E-state index in [2.05, 4.69) is 48.4 Å². The Balaban J connectivity index is 2.23. The van der Waals surface area contributed by atoms with Crippen molar-refractivity contribution < 1.29 is 4.74 Å². The predicted molar refractivity (Wildman–Crippen MR) is 67.2 cm³/mol. The Kier molecular flexibility index (Phi) is 3.30. The van der Waals surface area contributed by atoms with Gasteiger partial charge in [0.25, 0.3) is 0 Å². The number of para-hydroxylation sites is 1. The van der Waals surface area contributed by atoms with Crippen LogP contribution in [0, 0.1) is 0 Å². The highest BCUT2D eigenvalue weighted by molar-refractivity contribution is 5.53. The lowest BCUT2D eigenvalue weighted by atomic mass is 10.1. The van der Waals surface area contributed by atoms with Gasteiger partial charge in [0.15, 0.2) is 0 Å². The van der Waals surface area contributed by atoms with Crippen LogP contribution in [0.5, 0.6) is 0 Å². The molecule has 2 nitrogen and oxygen atoms in total. The molecular formula is C14H17NO. The van der Waals surface area contributed by atoms with Crippen molar-refractivity contribution in [2.24, 2.45) is 0 Å². The molecule has 1 aromatic carbocycles. The lowest BCUT2D eigenvalue weighted by Gasteiger charge is -2.29. The monoisotopic (exact) mass is 215 g/mol. The summed E-state index contributed by atoms with van der Waals surface area (Å²) >= 11 is 0. The molecule has 0 aliphatic carbocycles. The Bertz CT molecular complexity index is 394. The number of benzene rings is 1. The summed E-state index contributed by atoms with van der Waals surface area (Å²) < 4.78 is 5.52. The number of allylic oxidation sites excluding steroid dienone is 1. The van der Waals surface area contributed by atoms with E-state index >= 15 is 0 Å². The van der Waals surface area contributed by atoms with Gasteiger partial charge >= 0.3 is 0 Å². The summed E-state index contributed by atoms with van der Waals surface area (Å²) in [4.78, 5) is 2.21. The smallest absolute Gasteiger partial charge is 0.135 e. The lowest BCUT2D eigenvalue weighted by molar-refractivity contribution is 0.240. The van der Waals surface area contributed by atoms with Crippen LogP contribution in [-0.2, 0) is 4.74 Å². The molecule has 2 heteroatoms. The van der Waals surface area contributed by atoms with Gasteiger partial charge in [0, 0.05) is 17.9 Å². The molecule has 1 aromatic rings. The molecule has 0 amide bonds. The Morgan fingerprint density at radius 2 is 2.00 bits per heavy atom. The largest absolute Gasteiger partial charge is 0.492 e. The van der Waals surface area contributed by atoms with Crippen molar-refractivity contribution in [2.45, 2.75) is 19.9 Å². The molecule has 84 valence electrons. The zero-order chi connectivity index (χ0) is 11.4. The summed E-state index contributed by atoms with van der Waals surface area (Å²) in [6.07, 6.45) is 6.25. The molecule has 16 heavy (non-hydrogen) atoms. The van der Waals surface area contributed by atoms with Crippen LogP contribution in [0.15, 0.2) is 54.4 Å². The molecule has 0 fully saturated rings. The van der Waals surface area contributed by atoms with Crippen LogP contribution in [0.25, 0.3) is 0 Å². The van der Waals surface area contributed by atoms with Crippen molar-refractivity contribution in [1.82, 2.24) is 0 Å². The average molecular weight is 215 g/mol. The fraction of sp³-hybridized carbons (Fsp3) is 0.286. The third kappa shape index (κ3) is 2.27. The number of ether oxygens (including phenoxy) is 1. The van der Waals surface area contributed by atoms with Crippen molar-refractivity contribution in [3.63, 3.8) is 0 Å². The van der Waals surface area contributed by atoms with E-state index in [-0.39, 0.29) is 0 Å². The second-order valence-corrected chi connectivity index (χ2v) is 3.81. The molecular weight excluding hydrogens is 198 g/mol. The molecule has 1 aliphatic heterocycles. The van der Waals surface area contributed by atoms with Gasteiger partial charge < -0.3 is 9.64 Å². The van der Waals surface area contributed by atoms with Crippen LogP contribution >= 0.6 is 0 Å². The van der Waals surface area contributed by atoms with Crippen molar-refractivity contribution in [3.8, 4) is 0 Å². The maximum Gasteiger partial charge on any atom is 0.135 e. The highest BCUT2D eigenvalue weighted by Gasteiger charge is 2.14. The fourth-order valence-corrected chi connectivity index (χ4v) is 1.79. The van der Waals surface area contributed by atoms with Gasteiger partial charge in [-0.3, -0.25) is 0 Å². The van der Waals surface area contributed by atoms with Crippen molar-refractivity contribution in [3.05, 3.63) is 54.4 Å². The van der Waals surface area contributed by atoms with E-state index < -0.39 is 0 Å². The van der Waals surface area contributed by atoms with Gasteiger partial charge in [0.05, 0.1) is 6.61 Å². The van der Waals surface area contributed by atoms with E-state index in [1.165, 1.54) is 5.69 Å². The summed E-state index contributed by atoms with van der Waals surface area (Å²) in [5, 5.41) is 0. The molecule has 1 atom stereocenters. The van der Waals surface area contributed by atoms with E-state index in [1.54, 1.807) is 0 Å². The average Bonchev–Trinajstić information content (AvgIpc) is 2.33. The molecule has 0 saturated carbocycles. The van der Waals surface area contributed by atoms with Crippen LogP contribution in [-0.4, -0.2) is 12.6 Å². The standard InChI is InChI=1S/C14H17NO/c1-3-16-14-10-9-12(2)15(11-14)13-7-5-4-6-8-13/h4-12H,3H2,1-2H3. The Labute approximate surface area is 96.8 Å². The summed E-state index contributed by atoms with van der Waals surface area (Å²) in [6.45, 7) is 4.87. The summed E-state index contributed by atoms with van der Waals surface area (Å²) in [5.74, 6) is 0.921. The zero-order valence-electron chi connectivity index (χ0n) is 9.76. The van der Waals surface area contributed by atoms with E-state index in [0.717, 1.165) is 5.76 Å². The molecule has 2 rings (SSSR count). The minimum absolute atomic E-state index is 0.367. The summed E-state index contributed by atoms with van der Waals surface area (Å²) in [5.41, 5.74) is 1.19. The van der Waals surface area contributed by atoms with E-state index in [0.29, 0.717) is 12.6 Å². The van der Waals surface area contributed by atoms with E-state index in [4.69, 9.17) is 4.74 Å². The highest BCUT2D eigenvalue weighted by Crippen LogP contribution is 2.22. The van der Waals surface area contributed by atoms with Crippen molar-refractivity contribution in [2.75, 3.05) is 11.5 Å². The second kappa shape index (κ2) is 4.88. The molecule has 0 spiro atoms. The quantitative estimate of drug-likeness (QED) is 0.766. The van der Waals surface area contributed by atoms with Gasteiger partial charge in [-0.15, -0.1) is 0 Å². The minimum Gasteiger partial charge on any atom is -0.492 e. The Morgan fingerprint density at radius 1 is 1.25 bits per heavy atom. The summed E-state index contributed by atoms with van der Waals surface area (Å²) in [6, 6.07) is 10.7. The Hall–Kier alpha value is -1.70. The number of anilines is 1. The third-order valence-electron chi connectivity index (χ3n) is 2.61. The number of hydrogen-bond donors (Lipinski definition) is 0. The normalized spacial score (nSPS) is 19.5. The first-order valence-corrected chi connectivity index (χ1v) is 5.67. The van der Waals surface area contributed by atoms with Crippen LogP contribution < -0.4 is 4.90 Å². The zero-order valence-corrected chi connectivity index (χ0v) is 9.76. The molecule has 0 aromatic heterocycles. The molecule has 0 radical (unpaired) electrons. The first kappa shape index (κ1) is 10.8. The number of rotatable bonds is 3. The van der Waals surface area contributed by atoms with Gasteiger partial charge in [-0.1, -0.05) is 24.3 Å². The van der Waals surface area contributed by atoms with Gasteiger partial charge in [-0.2, -0.15) is 0 Å². The molecule has 1 heterocycles. The lowest BCUT2D eigenvalue weighted by Crippen LogP contribution is -2.28. The predicted octanol–water partition coefficient (Wildman–Crippen LogP) is 3.33. The van der Waals surface area contributed by atoms with E-state index in [9.17, 15) is 0 Å². The van der Waals surface area contributed by atoms with Crippen LogP contribution in [0.1, 0.15) is 13.8 Å². The van der Waals surface area contributed by atoms with Crippen molar-refractivity contribution in [1.29, 1.82) is 0 Å². The molecule has 1 aliphatic rings. The Morgan fingerprint density at radius 3 is 2.69 bits per heavy atom. The molecule has 0 N–H and O–H groups in total. The van der Waals surface area contributed by atoms with Crippen LogP contribution in [0.4, 0.5) is 5.69 Å². The summed E-state index contributed by atoms with van der Waals surface area (Å²) in [7, 11) is 0. The SMILES string of the molecule is CCOC1=CN(c2ccccc2)C(C)C=C1. The first-order chi connectivity index (χ1) is 7.81. The fourth-order valence-electron chi connectivity index (χ4n) is 1.79. The van der Waals surface area contributed by atoms with Crippen LogP contribution in [0.2, 0.25) is 0 Å². The molecule has 0 saturated heterocycles. The van der Waals surface area contributed by atoms with Crippen LogP contribution in [0.3, 0.4) is 0 Å². The molecule has 1 unspecified atom stereocenters. The molecule has 0 bridgehead atoms. The second-order valence-electron chi connectivity index (χ2n) is 3.81. The number of hydrogen-bond acceptors (Lipinski definition) is 2. The van der Waals surface area contributed by atoms with Gasteiger partial charge in [0.2, 0.25) is 0 Å². The van der Waals surface area contributed by atoms with Crippen molar-refractivity contribution >= 4 is 5.69 Å². The maximum absolute atomic E-state index is 5.52. The third-order valence-corrected chi connectivity index (χ3v) is 2.61. The minimum atomic E-state index is 0.367. The first-order valence-electron chi connectivity index (χ1n) is 5.67. The van der Waals surface area contributed by atoms with E-state index in [1.807, 2.05) is 19.1 Å².